The highest BCUT2D eigenvalue weighted by molar-refractivity contribution is 7.89. The van der Waals surface area contributed by atoms with Gasteiger partial charge in [-0.1, -0.05) is 39.3 Å². The molecule has 136 valence electrons. The number of unbranched alkanes of at least 4 members (excludes halogenated alkanes) is 1. The Kier molecular flexibility index (Phi) is 5.67. The molecule has 25 heavy (non-hydrogen) atoms. The summed E-state index contributed by atoms with van der Waals surface area (Å²) in [5.41, 5.74) is 0.163. The monoisotopic (exact) mass is 365 g/mol. The molecule has 0 saturated heterocycles. The lowest BCUT2D eigenvalue weighted by atomic mass is 10.1. The number of ether oxygens (including phenoxy) is 1. The summed E-state index contributed by atoms with van der Waals surface area (Å²) in [4.78, 5) is 24.5. The number of hydrogen-bond acceptors (Lipinski definition) is 5. The van der Waals surface area contributed by atoms with E-state index in [1.165, 1.54) is 13.0 Å². The van der Waals surface area contributed by atoms with Crippen molar-refractivity contribution in [1.82, 2.24) is 4.31 Å². The van der Waals surface area contributed by atoms with Crippen LogP contribution in [0.2, 0.25) is 0 Å². The van der Waals surface area contributed by atoms with Crippen molar-refractivity contribution in [2.75, 3.05) is 6.54 Å². The quantitative estimate of drug-likeness (QED) is 0.724. The second-order valence-electron chi connectivity index (χ2n) is 6.24. The summed E-state index contributed by atoms with van der Waals surface area (Å²) < 4.78 is 32.5. The zero-order chi connectivity index (χ0) is 18.8. The normalized spacial score (nSPS) is 16.0. The molecular weight excluding hydrogens is 342 g/mol. The maximum Gasteiger partial charge on any atom is 0.313 e. The van der Waals surface area contributed by atoms with E-state index in [4.69, 9.17) is 4.74 Å². The zero-order valence-electron chi connectivity index (χ0n) is 14.9. The third-order valence-corrected chi connectivity index (χ3v) is 5.74. The van der Waals surface area contributed by atoms with Crippen LogP contribution in [0.25, 0.3) is 5.76 Å². The molecular formula is C18H23NO5S. The van der Waals surface area contributed by atoms with Gasteiger partial charge < -0.3 is 4.74 Å². The molecule has 0 fully saturated rings. The maximum absolute atomic E-state index is 13.0. The topological polar surface area (TPSA) is 80.8 Å². The van der Waals surface area contributed by atoms with Crippen molar-refractivity contribution in [3.8, 4) is 0 Å². The van der Waals surface area contributed by atoms with Crippen LogP contribution in [0.3, 0.4) is 0 Å². The van der Waals surface area contributed by atoms with Crippen LogP contribution in [0.5, 0.6) is 0 Å². The molecule has 0 N–H and O–H groups in total. The van der Waals surface area contributed by atoms with E-state index in [-0.39, 0.29) is 28.5 Å². The largest absolute Gasteiger partial charge is 0.423 e. The van der Waals surface area contributed by atoms with E-state index in [2.05, 4.69) is 0 Å². The highest BCUT2D eigenvalue weighted by Crippen LogP contribution is 2.38. The fourth-order valence-electron chi connectivity index (χ4n) is 2.55. The number of sulfonamides is 1. The molecule has 0 aromatic heterocycles. The third-order valence-electron chi connectivity index (χ3n) is 3.89. The van der Waals surface area contributed by atoms with Gasteiger partial charge in [0.05, 0.1) is 10.8 Å². The number of ketones is 1. The van der Waals surface area contributed by atoms with Gasteiger partial charge in [-0.2, -0.15) is 0 Å². The fraction of sp³-hybridized carbons (Fsp3) is 0.444. The minimum atomic E-state index is -3.87. The predicted octanol–water partition coefficient (Wildman–Crippen LogP) is 2.95. The Morgan fingerprint density at radius 1 is 1.20 bits per heavy atom. The smallest absolute Gasteiger partial charge is 0.313 e. The summed E-state index contributed by atoms with van der Waals surface area (Å²) in [6, 6.07) is 6.27. The molecule has 0 unspecified atom stereocenters. The first-order chi connectivity index (χ1) is 11.7. The Balaban J connectivity index is 2.74. The number of allylic oxidation sites excluding steroid dienone is 1. The molecule has 7 heteroatoms. The van der Waals surface area contributed by atoms with Crippen LogP contribution < -0.4 is 0 Å². The van der Waals surface area contributed by atoms with E-state index in [1.54, 1.807) is 32.0 Å². The van der Waals surface area contributed by atoms with Crippen LogP contribution in [-0.4, -0.2) is 31.0 Å². The number of hydrogen-bond donors (Lipinski definition) is 0. The van der Waals surface area contributed by atoms with Crippen molar-refractivity contribution >= 4 is 27.5 Å². The molecule has 1 aliphatic heterocycles. The Bertz CT molecular complexity index is 824. The number of benzene rings is 1. The third kappa shape index (κ3) is 3.61. The van der Waals surface area contributed by atoms with Crippen LogP contribution in [0, 0.1) is 5.92 Å². The highest BCUT2D eigenvalue weighted by Gasteiger charge is 2.40. The number of carbonyl (C=O) groups is 2. The number of carbonyl (C=O) groups excluding carboxylic acids is 2. The van der Waals surface area contributed by atoms with E-state index < -0.39 is 27.7 Å². The lowest BCUT2D eigenvalue weighted by Crippen LogP contribution is -2.38. The van der Waals surface area contributed by atoms with Gasteiger partial charge in [0.2, 0.25) is 0 Å². The van der Waals surface area contributed by atoms with Crippen LogP contribution in [-0.2, 0) is 24.3 Å². The zero-order valence-corrected chi connectivity index (χ0v) is 15.7. The molecule has 0 spiro atoms. The predicted molar refractivity (Wildman–Crippen MR) is 93.8 cm³/mol. The summed E-state index contributed by atoms with van der Waals surface area (Å²) in [6.07, 6.45) is 1.35. The molecule has 1 aromatic rings. The van der Waals surface area contributed by atoms with Crippen molar-refractivity contribution in [2.45, 2.75) is 45.4 Å². The number of nitrogens with zero attached hydrogens (tertiary/aromatic N) is 1. The molecule has 0 aliphatic carbocycles. The molecule has 2 rings (SSSR count). The lowest BCUT2D eigenvalue weighted by molar-refractivity contribution is -0.140. The van der Waals surface area contributed by atoms with Crippen molar-refractivity contribution < 1.29 is 22.7 Å². The van der Waals surface area contributed by atoms with E-state index >= 15 is 0 Å². The Hall–Kier alpha value is -2.15. The molecule has 1 heterocycles. The number of esters is 1. The molecule has 0 radical (unpaired) electrons. The number of rotatable bonds is 6. The van der Waals surface area contributed by atoms with E-state index in [0.717, 1.165) is 10.7 Å². The first-order valence-corrected chi connectivity index (χ1v) is 9.74. The van der Waals surface area contributed by atoms with Gasteiger partial charge in [0.25, 0.3) is 10.0 Å². The molecule has 6 nitrogen and oxygen atoms in total. The number of Topliss-reactive ketones (excluding diaryl/α,β-unsaturated/α-hetero) is 1. The molecule has 0 amide bonds. The second-order valence-corrected chi connectivity index (χ2v) is 8.07. The molecule has 0 saturated carbocycles. The average Bonchev–Trinajstić information content (AvgIpc) is 2.55. The Morgan fingerprint density at radius 2 is 1.84 bits per heavy atom. The number of fused-ring (bicyclic) bond motifs is 1. The first-order valence-electron chi connectivity index (χ1n) is 8.30. The van der Waals surface area contributed by atoms with Gasteiger partial charge in [0.15, 0.2) is 11.5 Å². The highest BCUT2D eigenvalue weighted by atomic mass is 32.2. The maximum atomic E-state index is 13.0. The molecule has 0 bridgehead atoms. The lowest BCUT2D eigenvalue weighted by Gasteiger charge is -2.32. The van der Waals surface area contributed by atoms with E-state index in [0.29, 0.717) is 6.42 Å². The van der Waals surface area contributed by atoms with Gasteiger partial charge in [-0.05, 0) is 18.6 Å². The molecule has 0 atom stereocenters. The van der Waals surface area contributed by atoms with Gasteiger partial charge in [-0.3, -0.25) is 13.9 Å². The van der Waals surface area contributed by atoms with Crippen molar-refractivity contribution in [3.63, 3.8) is 0 Å². The van der Waals surface area contributed by atoms with Crippen molar-refractivity contribution in [1.29, 1.82) is 0 Å². The first kappa shape index (κ1) is 19.2. The van der Waals surface area contributed by atoms with E-state index in [9.17, 15) is 18.0 Å². The second kappa shape index (κ2) is 7.39. The van der Waals surface area contributed by atoms with Crippen LogP contribution in [0.1, 0.15) is 46.1 Å². The summed E-state index contributed by atoms with van der Waals surface area (Å²) in [5.74, 6) is -1.36. The van der Waals surface area contributed by atoms with Crippen molar-refractivity contribution in [3.05, 3.63) is 35.5 Å². The minimum absolute atomic E-state index is 0.0210. The summed E-state index contributed by atoms with van der Waals surface area (Å²) >= 11 is 0. The fourth-order valence-corrected chi connectivity index (χ4v) is 4.30. The summed E-state index contributed by atoms with van der Waals surface area (Å²) in [6.45, 7) is 6.72. The van der Waals surface area contributed by atoms with Gasteiger partial charge in [0.1, 0.15) is 5.70 Å². The standard InChI is InChI=1S/C18H23NO5S/c1-5-6-11-19-16(13(4)20)17(24-18(21)12(2)3)14-9-7-8-10-15(14)25(19,22)23/h7-10,12H,5-6,11H2,1-4H3. The Morgan fingerprint density at radius 3 is 2.40 bits per heavy atom. The van der Waals surface area contributed by atoms with Crippen LogP contribution >= 0.6 is 0 Å². The van der Waals surface area contributed by atoms with Gasteiger partial charge in [0, 0.05) is 19.0 Å². The minimum Gasteiger partial charge on any atom is -0.423 e. The van der Waals surface area contributed by atoms with Crippen molar-refractivity contribution in [2.24, 2.45) is 5.92 Å². The van der Waals surface area contributed by atoms with Gasteiger partial charge in [-0.25, -0.2) is 8.42 Å². The summed E-state index contributed by atoms with van der Waals surface area (Å²) in [5, 5.41) is 0. The van der Waals surface area contributed by atoms with Crippen LogP contribution in [0.4, 0.5) is 0 Å². The molecule has 1 aliphatic rings. The summed E-state index contributed by atoms with van der Waals surface area (Å²) in [7, 11) is -3.87. The average molecular weight is 365 g/mol. The Labute approximate surface area is 148 Å². The van der Waals surface area contributed by atoms with E-state index in [1.807, 2.05) is 6.92 Å². The van der Waals surface area contributed by atoms with Gasteiger partial charge in [-0.15, -0.1) is 0 Å². The van der Waals surface area contributed by atoms with Crippen LogP contribution in [0.15, 0.2) is 34.9 Å². The molecule has 1 aromatic carbocycles. The van der Waals surface area contributed by atoms with Gasteiger partial charge >= 0.3 is 5.97 Å². The SMILES string of the molecule is CCCCN1C(C(C)=O)=C(OC(=O)C(C)C)c2ccccc2S1(=O)=O.